The quantitative estimate of drug-likeness (QED) is 0.630. The molecule has 0 aromatic rings. The van der Waals surface area contributed by atoms with Gasteiger partial charge in [0.25, 0.3) is 0 Å². The second-order valence-electron chi connectivity index (χ2n) is 2.50. The average molecular weight is 154 g/mol. The van der Waals surface area contributed by atoms with Crippen molar-refractivity contribution < 1.29 is 9.90 Å². The Bertz CT molecular complexity index is 180. The normalized spacial score (nSPS) is 13.3. The van der Waals surface area contributed by atoms with Gasteiger partial charge in [0.2, 0.25) is 0 Å². The second kappa shape index (κ2) is 4.72. The highest BCUT2D eigenvalue weighted by molar-refractivity contribution is 5.71. The average Bonchev–Trinajstić information content (AvgIpc) is 1.99. The minimum atomic E-state index is -0.801. The van der Waals surface area contributed by atoms with Crippen molar-refractivity contribution in [2.75, 3.05) is 0 Å². The zero-order valence-corrected chi connectivity index (χ0v) is 7.00. The van der Waals surface area contributed by atoms with Gasteiger partial charge >= 0.3 is 5.97 Å². The molecule has 0 spiro atoms. The number of carboxylic acids is 1. The maximum Gasteiger partial charge on any atom is 0.310 e. The molecule has 1 atom stereocenters. The molecular formula is C9H14O2. The van der Waals surface area contributed by atoms with Gasteiger partial charge in [-0.3, -0.25) is 4.79 Å². The summed E-state index contributed by atoms with van der Waals surface area (Å²) in [6.07, 6.45) is 4.27. The molecule has 0 rings (SSSR count). The molecule has 0 saturated heterocycles. The van der Waals surface area contributed by atoms with Crippen molar-refractivity contribution in [3.8, 4) is 0 Å². The highest BCUT2D eigenvalue weighted by Gasteiger charge is 2.04. The van der Waals surface area contributed by atoms with E-state index in [0.717, 1.165) is 12.0 Å². The zero-order valence-electron chi connectivity index (χ0n) is 7.00. The van der Waals surface area contributed by atoms with E-state index in [1.54, 1.807) is 19.1 Å². The van der Waals surface area contributed by atoms with Crippen LogP contribution in [0.25, 0.3) is 0 Å². The molecule has 0 bridgehead atoms. The van der Waals surface area contributed by atoms with Gasteiger partial charge in [0.1, 0.15) is 0 Å². The number of aliphatic carboxylic acids is 1. The van der Waals surface area contributed by atoms with Crippen molar-refractivity contribution in [2.45, 2.75) is 20.3 Å². The molecule has 1 N–H and O–H groups in total. The zero-order chi connectivity index (χ0) is 8.85. The monoisotopic (exact) mass is 154 g/mol. The largest absolute Gasteiger partial charge is 0.481 e. The number of carboxylic acid groups (broad SMARTS) is 1. The Kier molecular flexibility index (Phi) is 4.27. The fourth-order valence-corrected chi connectivity index (χ4v) is 0.481. The predicted octanol–water partition coefficient (Wildman–Crippen LogP) is 2.23. The van der Waals surface area contributed by atoms with Crippen LogP contribution in [-0.4, -0.2) is 11.1 Å². The smallest absolute Gasteiger partial charge is 0.310 e. The van der Waals surface area contributed by atoms with Crippen LogP contribution in [0.3, 0.4) is 0 Å². The van der Waals surface area contributed by atoms with E-state index in [2.05, 4.69) is 6.58 Å². The van der Waals surface area contributed by atoms with Crippen LogP contribution in [0.2, 0.25) is 0 Å². The topological polar surface area (TPSA) is 37.3 Å². The molecule has 0 aliphatic carbocycles. The van der Waals surface area contributed by atoms with E-state index < -0.39 is 11.9 Å². The van der Waals surface area contributed by atoms with Gasteiger partial charge in [-0.1, -0.05) is 31.2 Å². The van der Waals surface area contributed by atoms with Crippen molar-refractivity contribution in [3.63, 3.8) is 0 Å². The SMILES string of the molecule is C=C(/C=C\C(C)C(=O)O)CC. The molecule has 0 fully saturated rings. The Morgan fingerprint density at radius 3 is 2.64 bits per heavy atom. The van der Waals surface area contributed by atoms with Crippen molar-refractivity contribution in [1.29, 1.82) is 0 Å². The Balaban J connectivity index is 3.92. The van der Waals surface area contributed by atoms with Gasteiger partial charge < -0.3 is 5.11 Å². The summed E-state index contributed by atoms with van der Waals surface area (Å²) in [5, 5.41) is 8.49. The predicted molar refractivity (Wildman–Crippen MR) is 45.4 cm³/mol. The number of rotatable bonds is 4. The molecule has 0 aliphatic heterocycles. The molecule has 0 amide bonds. The van der Waals surface area contributed by atoms with E-state index in [1.807, 2.05) is 6.92 Å². The lowest BCUT2D eigenvalue weighted by molar-refractivity contribution is -0.139. The van der Waals surface area contributed by atoms with Crippen LogP contribution in [-0.2, 0) is 4.79 Å². The number of allylic oxidation sites excluding steroid dienone is 2. The number of hydrogen-bond acceptors (Lipinski definition) is 1. The van der Waals surface area contributed by atoms with Gasteiger partial charge in [0, 0.05) is 0 Å². The molecule has 1 unspecified atom stereocenters. The van der Waals surface area contributed by atoms with Crippen LogP contribution >= 0.6 is 0 Å². The third kappa shape index (κ3) is 4.37. The summed E-state index contributed by atoms with van der Waals surface area (Å²) in [6.45, 7) is 7.35. The van der Waals surface area contributed by atoms with Crippen molar-refractivity contribution in [3.05, 3.63) is 24.3 Å². The van der Waals surface area contributed by atoms with Gasteiger partial charge in [-0.2, -0.15) is 0 Å². The van der Waals surface area contributed by atoms with Crippen LogP contribution < -0.4 is 0 Å². The minimum Gasteiger partial charge on any atom is -0.481 e. The first-order valence-corrected chi connectivity index (χ1v) is 3.66. The maximum absolute atomic E-state index is 10.3. The maximum atomic E-state index is 10.3. The van der Waals surface area contributed by atoms with Gasteiger partial charge in [-0.05, 0) is 13.3 Å². The molecule has 0 radical (unpaired) electrons. The van der Waals surface area contributed by atoms with Gasteiger partial charge in [-0.15, -0.1) is 0 Å². The molecule has 11 heavy (non-hydrogen) atoms. The summed E-state index contributed by atoms with van der Waals surface area (Å²) in [4.78, 5) is 10.3. The Labute approximate surface area is 67.2 Å². The molecule has 0 aromatic heterocycles. The number of hydrogen-bond donors (Lipinski definition) is 1. The van der Waals surface area contributed by atoms with Gasteiger partial charge in [-0.25, -0.2) is 0 Å². The summed E-state index contributed by atoms with van der Waals surface area (Å²) in [5.74, 6) is -1.22. The van der Waals surface area contributed by atoms with Crippen LogP contribution in [0.5, 0.6) is 0 Å². The first-order valence-electron chi connectivity index (χ1n) is 3.66. The molecule has 2 nitrogen and oxygen atoms in total. The van der Waals surface area contributed by atoms with Crippen molar-refractivity contribution >= 4 is 5.97 Å². The summed E-state index contributed by atoms with van der Waals surface area (Å²) >= 11 is 0. The van der Waals surface area contributed by atoms with Crippen LogP contribution in [0.15, 0.2) is 24.3 Å². The van der Waals surface area contributed by atoms with E-state index in [-0.39, 0.29) is 0 Å². The highest BCUT2D eigenvalue weighted by atomic mass is 16.4. The van der Waals surface area contributed by atoms with Gasteiger partial charge in [0.05, 0.1) is 5.92 Å². The first kappa shape index (κ1) is 9.95. The molecule has 0 aliphatic rings. The van der Waals surface area contributed by atoms with Crippen LogP contribution in [0, 0.1) is 5.92 Å². The van der Waals surface area contributed by atoms with Crippen molar-refractivity contribution in [1.82, 2.24) is 0 Å². The minimum absolute atomic E-state index is 0.418. The summed E-state index contributed by atoms with van der Waals surface area (Å²) in [7, 11) is 0. The summed E-state index contributed by atoms with van der Waals surface area (Å²) < 4.78 is 0. The fourth-order valence-electron chi connectivity index (χ4n) is 0.481. The highest BCUT2D eigenvalue weighted by Crippen LogP contribution is 2.03. The molecule has 62 valence electrons. The van der Waals surface area contributed by atoms with E-state index in [0.29, 0.717) is 0 Å². The first-order chi connectivity index (χ1) is 5.07. The van der Waals surface area contributed by atoms with E-state index in [9.17, 15) is 4.79 Å². The van der Waals surface area contributed by atoms with E-state index in [1.165, 1.54) is 0 Å². The summed E-state index contributed by atoms with van der Waals surface area (Å²) in [5.41, 5.74) is 0.957. The Morgan fingerprint density at radius 1 is 1.73 bits per heavy atom. The lowest BCUT2D eigenvalue weighted by Crippen LogP contribution is -2.05. The second-order valence-corrected chi connectivity index (χ2v) is 2.50. The lowest BCUT2D eigenvalue weighted by atomic mass is 10.1. The van der Waals surface area contributed by atoms with Crippen LogP contribution in [0.4, 0.5) is 0 Å². The molecule has 0 aromatic carbocycles. The Morgan fingerprint density at radius 2 is 2.27 bits per heavy atom. The third-order valence-corrected chi connectivity index (χ3v) is 1.46. The molecule has 0 heterocycles. The molecular weight excluding hydrogens is 140 g/mol. The van der Waals surface area contributed by atoms with Gasteiger partial charge in [0.15, 0.2) is 0 Å². The van der Waals surface area contributed by atoms with E-state index >= 15 is 0 Å². The lowest BCUT2D eigenvalue weighted by Gasteiger charge is -1.97. The van der Waals surface area contributed by atoms with E-state index in [4.69, 9.17) is 5.11 Å². The number of carbonyl (C=O) groups is 1. The molecule has 0 saturated carbocycles. The Hall–Kier alpha value is -1.05. The van der Waals surface area contributed by atoms with Crippen molar-refractivity contribution in [2.24, 2.45) is 5.92 Å². The standard InChI is InChI=1S/C9H14O2/c1-4-7(2)5-6-8(3)9(10)11/h5-6,8H,2,4H2,1,3H3,(H,10,11)/b6-5-. The third-order valence-electron chi connectivity index (χ3n) is 1.46. The summed E-state index contributed by atoms with van der Waals surface area (Å²) in [6, 6.07) is 0. The van der Waals surface area contributed by atoms with Crippen LogP contribution in [0.1, 0.15) is 20.3 Å². The molecule has 2 heteroatoms. The fraction of sp³-hybridized carbons (Fsp3) is 0.444.